The number of hydrogen-bond donors (Lipinski definition) is 2. The third-order valence-electron chi connectivity index (χ3n) is 4.71. The summed E-state index contributed by atoms with van der Waals surface area (Å²) in [6.45, 7) is 4.98. The standard InChI is InChI=1S/C16H21FN4O4S/c1-16(2)14(22)21(15(23)18-16)11-19-7-9-20(10-8-19)26(24,25)13-5-3-12(17)4-6-13/h3-6H,7-11H2,1-2H3,(H,18,23)/p+1. The van der Waals surface area contributed by atoms with Gasteiger partial charge in [-0.15, -0.1) is 0 Å². The van der Waals surface area contributed by atoms with Crippen LogP contribution in [0.5, 0.6) is 0 Å². The van der Waals surface area contributed by atoms with Crippen LogP contribution in [-0.2, 0) is 14.8 Å². The summed E-state index contributed by atoms with van der Waals surface area (Å²) in [6.07, 6.45) is 0. The molecule has 2 N–H and O–H groups in total. The molecule has 0 aromatic heterocycles. The molecule has 142 valence electrons. The van der Waals surface area contributed by atoms with Crippen molar-refractivity contribution in [3.8, 4) is 0 Å². The zero-order valence-electron chi connectivity index (χ0n) is 14.7. The van der Waals surface area contributed by atoms with Crippen LogP contribution >= 0.6 is 0 Å². The van der Waals surface area contributed by atoms with Gasteiger partial charge >= 0.3 is 6.03 Å². The van der Waals surface area contributed by atoms with Gasteiger partial charge in [-0.3, -0.25) is 4.79 Å². The van der Waals surface area contributed by atoms with E-state index in [2.05, 4.69) is 5.32 Å². The lowest BCUT2D eigenvalue weighted by Crippen LogP contribution is -3.16. The quantitative estimate of drug-likeness (QED) is 0.651. The van der Waals surface area contributed by atoms with E-state index in [9.17, 15) is 22.4 Å². The molecule has 0 unspecified atom stereocenters. The van der Waals surface area contributed by atoms with Gasteiger partial charge in [-0.2, -0.15) is 4.31 Å². The van der Waals surface area contributed by atoms with E-state index in [4.69, 9.17) is 0 Å². The maximum Gasteiger partial charge on any atom is 0.329 e. The van der Waals surface area contributed by atoms with Crippen molar-refractivity contribution in [3.05, 3.63) is 30.1 Å². The van der Waals surface area contributed by atoms with Crippen LogP contribution in [0.25, 0.3) is 0 Å². The molecule has 1 aromatic rings. The molecule has 2 fully saturated rings. The summed E-state index contributed by atoms with van der Waals surface area (Å²) in [5, 5.41) is 2.63. The molecule has 8 nitrogen and oxygen atoms in total. The molecule has 0 spiro atoms. The summed E-state index contributed by atoms with van der Waals surface area (Å²) < 4.78 is 39.6. The van der Waals surface area contributed by atoms with Crippen molar-refractivity contribution >= 4 is 22.0 Å². The Balaban J connectivity index is 1.62. The second-order valence-electron chi connectivity index (χ2n) is 7.05. The first-order chi connectivity index (χ1) is 12.1. The monoisotopic (exact) mass is 385 g/mol. The smallest absolute Gasteiger partial charge is 0.323 e. The van der Waals surface area contributed by atoms with Crippen LogP contribution in [-0.4, -0.2) is 67.9 Å². The van der Waals surface area contributed by atoms with Gasteiger partial charge in [0.25, 0.3) is 5.91 Å². The van der Waals surface area contributed by atoms with E-state index >= 15 is 0 Å². The van der Waals surface area contributed by atoms with Crippen LogP contribution in [0.3, 0.4) is 0 Å². The molecule has 3 amide bonds. The Morgan fingerprint density at radius 3 is 2.23 bits per heavy atom. The summed E-state index contributed by atoms with van der Waals surface area (Å²) in [4.78, 5) is 26.4. The molecular formula is C16H22FN4O4S+. The van der Waals surface area contributed by atoms with E-state index in [0.29, 0.717) is 13.1 Å². The van der Waals surface area contributed by atoms with Gasteiger partial charge in [0.1, 0.15) is 11.4 Å². The topological polar surface area (TPSA) is 91.2 Å². The number of carbonyl (C=O) groups is 2. The minimum Gasteiger partial charge on any atom is -0.323 e. The maximum atomic E-state index is 13.0. The molecule has 2 saturated heterocycles. The molecule has 10 heteroatoms. The highest BCUT2D eigenvalue weighted by molar-refractivity contribution is 7.89. The van der Waals surface area contributed by atoms with Gasteiger partial charge in [0.15, 0.2) is 6.67 Å². The van der Waals surface area contributed by atoms with E-state index in [1.54, 1.807) is 13.8 Å². The molecule has 1 aromatic carbocycles. The van der Waals surface area contributed by atoms with Crippen LogP contribution in [0.1, 0.15) is 13.8 Å². The number of hydrogen-bond acceptors (Lipinski definition) is 4. The number of sulfonamides is 1. The van der Waals surface area contributed by atoms with E-state index < -0.39 is 27.4 Å². The fourth-order valence-corrected chi connectivity index (χ4v) is 4.58. The zero-order chi connectivity index (χ0) is 19.1. The SMILES string of the molecule is CC1(C)NC(=O)N(C[NH+]2CCN(S(=O)(=O)c3ccc(F)cc3)CC2)C1=O. The largest absolute Gasteiger partial charge is 0.329 e. The van der Waals surface area contributed by atoms with Crippen molar-refractivity contribution in [1.29, 1.82) is 0 Å². The third-order valence-corrected chi connectivity index (χ3v) is 6.62. The fourth-order valence-electron chi connectivity index (χ4n) is 3.14. The summed E-state index contributed by atoms with van der Waals surface area (Å²) >= 11 is 0. The second kappa shape index (κ2) is 6.60. The van der Waals surface area contributed by atoms with Crippen LogP contribution in [0.15, 0.2) is 29.2 Å². The van der Waals surface area contributed by atoms with Crippen molar-refractivity contribution in [2.24, 2.45) is 0 Å². The zero-order valence-corrected chi connectivity index (χ0v) is 15.5. The minimum atomic E-state index is -3.68. The number of imide groups is 1. The lowest BCUT2D eigenvalue weighted by molar-refractivity contribution is -0.910. The average molecular weight is 385 g/mol. The van der Waals surface area contributed by atoms with Gasteiger partial charge in [0.05, 0.1) is 31.1 Å². The van der Waals surface area contributed by atoms with Crippen LogP contribution in [0.2, 0.25) is 0 Å². The summed E-state index contributed by atoms with van der Waals surface area (Å²) in [5.74, 6) is -0.772. The van der Waals surface area contributed by atoms with Crippen molar-refractivity contribution < 1.29 is 27.3 Å². The predicted octanol–water partition coefficient (Wildman–Crippen LogP) is -0.997. The first kappa shape index (κ1) is 18.7. The molecule has 0 bridgehead atoms. The van der Waals surface area contributed by atoms with Gasteiger partial charge in [-0.1, -0.05) is 0 Å². The molecule has 0 saturated carbocycles. The Morgan fingerprint density at radius 2 is 1.73 bits per heavy atom. The first-order valence-corrected chi connectivity index (χ1v) is 9.79. The highest BCUT2D eigenvalue weighted by atomic mass is 32.2. The number of nitrogens with one attached hydrogen (secondary N) is 2. The molecule has 0 atom stereocenters. The fraction of sp³-hybridized carbons (Fsp3) is 0.500. The van der Waals surface area contributed by atoms with Crippen molar-refractivity contribution in [2.45, 2.75) is 24.3 Å². The Hall–Kier alpha value is -2.04. The summed E-state index contributed by atoms with van der Waals surface area (Å²) in [6, 6.07) is 4.31. The number of rotatable bonds is 4. The highest BCUT2D eigenvalue weighted by Crippen LogP contribution is 2.17. The second-order valence-corrected chi connectivity index (χ2v) is 8.99. The van der Waals surface area contributed by atoms with Crippen molar-refractivity contribution in [1.82, 2.24) is 14.5 Å². The number of amides is 3. The molecule has 3 rings (SSSR count). The number of nitrogens with zero attached hydrogens (tertiary/aromatic N) is 2. The average Bonchev–Trinajstić information content (AvgIpc) is 2.77. The maximum absolute atomic E-state index is 13.0. The summed E-state index contributed by atoms with van der Waals surface area (Å²) in [5.41, 5.74) is -0.912. The molecular weight excluding hydrogens is 363 g/mol. The van der Waals surface area contributed by atoms with E-state index in [-0.39, 0.29) is 30.6 Å². The van der Waals surface area contributed by atoms with Crippen molar-refractivity contribution in [3.63, 3.8) is 0 Å². The number of benzene rings is 1. The Bertz CT molecular complexity index is 817. The molecule has 0 aliphatic carbocycles. The number of piperazine rings is 1. The molecule has 2 aliphatic rings. The lowest BCUT2D eigenvalue weighted by atomic mass is 10.1. The number of halogens is 1. The van der Waals surface area contributed by atoms with Crippen LogP contribution < -0.4 is 10.2 Å². The molecule has 26 heavy (non-hydrogen) atoms. The van der Waals surface area contributed by atoms with Gasteiger partial charge < -0.3 is 10.2 Å². The van der Waals surface area contributed by atoms with Crippen molar-refractivity contribution in [2.75, 3.05) is 32.8 Å². The number of carbonyl (C=O) groups excluding carboxylic acids is 2. The molecule has 0 radical (unpaired) electrons. The van der Waals surface area contributed by atoms with Crippen LogP contribution in [0, 0.1) is 5.82 Å². The normalized spacial score (nSPS) is 21.9. The number of quaternary nitrogens is 1. The predicted molar refractivity (Wildman–Crippen MR) is 90.2 cm³/mol. The molecule has 2 heterocycles. The Morgan fingerprint density at radius 1 is 1.15 bits per heavy atom. The minimum absolute atomic E-state index is 0.0539. The Labute approximate surface area is 151 Å². The van der Waals surface area contributed by atoms with E-state index in [1.165, 1.54) is 21.3 Å². The van der Waals surface area contributed by atoms with Gasteiger partial charge in [0, 0.05) is 0 Å². The Kier molecular flexibility index (Phi) is 4.76. The van der Waals surface area contributed by atoms with Gasteiger partial charge in [-0.25, -0.2) is 22.5 Å². The van der Waals surface area contributed by atoms with Gasteiger partial charge in [-0.05, 0) is 38.1 Å². The first-order valence-electron chi connectivity index (χ1n) is 8.35. The van der Waals surface area contributed by atoms with Crippen LogP contribution in [0.4, 0.5) is 9.18 Å². The van der Waals surface area contributed by atoms with E-state index in [1.807, 2.05) is 0 Å². The highest BCUT2D eigenvalue weighted by Gasteiger charge is 2.46. The third kappa shape index (κ3) is 3.44. The number of urea groups is 1. The molecule has 2 aliphatic heterocycles. The van der Waals surface area contributed by atoms with Gasteiger partial charge in [0.2, 0.25) is 10.0 Å². The summed E-state index contributed by atoms with van der Waals surface area (Å²) in [7, 11) is -3.68. The van der Waals surface area contributed by atoms with E-state index in [0.717, 1.165) is 17.0 Å². The lowest BCUT2D eigenvalue weighted by Gasteiger charge is -2.32.